The van der Waals surface area contributed by atoms with E-state index < -0.39 is 20.0 Å². The highest BCUT2D eigenvalue weighted by molar-refractivity contribution is 7.90. The molecule has 0 bridgehead atoms. The lowest BCUT2D eigenvalue weighted by Gasteiger charge is -2.31. The van der Waals surface area contributed by atoms with Crippen LogP contribution in [0, 0.1) is 5.92 Å². The minimum atomic E-state index is -3.37. The van der Waals surface area contributed by atoms with E-state index in [1.165, 1.54) is 11.2 Å². The number of halogens is 1. The summed E-state index contributed by atoms with van der Waals surface area (Å²) in [5.74, 6) is 0.308. The third-order valence-electron chi connectivity index (χ3n) is 3.71. The van der Waals surface area contributed by atoms with Gasteiger partial charge in [-0.15, -0.1) is 12.4 Å². The van der Waals surface area contributed by atoms with Gasteiger partial charge >= 0.3 is 0 Å². The summed E-state index contributed by atoms with van der Waals surface area (Å²) in [6, 6.07) is 0. The van der Waals surface area contributed by atoms with Gasteiger partial charge in [-0.1, -0.05) is 6.92 Å². The topological polar surface area (TPSA) is 95.6 Å². The molecule has 1 aliphatic rings. The molecule has 0 unspecified atom stereocenters. The van der Waals surface area contributed by atoms with Crippen molar-refractivity contribution in [3.8, 4) is 0 Å². The Kier molecular flexibility index (Phi) is 10.1. The van der Waals surface area contributed by atoms with Crippen LogP contribution in [0.5, 0.6) is 0 Å². The molecule has 1 saturated heterocycles. The lowest BCUT2D eigenvalue weighted by atomic mass is 9.98. The zero-order chi connectivity index (χ0) is 15.9. The summed E-state index contributed by atoms with van der Waals surface area (Å²) in [6.07, 6.45) is 1.71. The molecular weight excluding hydrogens is 350 g/mol. The summed E-state index contributed by atoms with van der Waals surface area (Å²) in [5, 5.41) is 3.28. The highest BCUT2D eigenvalue weighted by Gasteiger charge is 2.27. The van der Waals surface area contributed by atoms with Crippen molar-refractivity contribution in [2.45, 2.75) is 26.7 Å². The molecule has 0 spiro atoms. The highest BCUT2D eigenvalue weighted by atomic mass is 35.5. The monoisotopic (exact) mass is 377 g/mol. The van der Waals surface area contributed by atoms with Gasteiger partial charge in [0.25, 0.3) is 0 Å². The van der Waals surface area contributed by atoms with Crippen molar-refractivity contribution in [1.29, 1.82) is 0 Å². The van der Waals surface area contributed by atoms with Gasteiger partial charge in [0.05, 0.1) is 11.5 Å². The summed E-state index contributed by atoms with van der Waals surface area (Å²) in [4.78, 5) is 0. The molecule has 0 atom stereocenters. The van der Waals surface area contributed by atoms with Crippen LogP contribution in [0.2, 0.25) is 0 Å². The van der Waals surface area contributed by atoms with Crippen molar-refractivity contribution in [2.75, 3.05) is 44.2 Å². The van der Waals surface area contributed by atoms with E-state index in [0.29, 0.717) is 19.0 Å². The van der Waals surface area contributed by atoms with E-state index in [4.69, 9.17) is 0 Å². The van der Waals surface area contributed by atoms with Crippen LogP contribution in [0.25, 0.3) is 0 Å². The molecule has 7 nitrogen and oxygen atoms in total. The Balaban J connectivity index is 0.00000441. The Labute approximate surface area is 140 Å². The minimum absolute atomic E-state index is 0. The fourth-order valence-electron chi connectivity index (χ4n) is 2.30. The van der Waals surface area contributed by atoms with Crippen LogP contribution < -0.4 is 10.0 Å². The Hall–Kier alpha value is 0.0700. The van der Waals surface area contributed by atoms with Crippen molar-refractivity contribution in [3.05, 3.63) is 0 Å². The van der Waals surface area contributed by atoms with Crippen LogP contribution in [0.4, 0.5) is 0 Å². The maximum atomic E-state index is 12.2. The molecule has 0 amide bonds. The second kappa shape index (κ2) is 10.0. The number of nitrogens with zero attached hydrogens (tertiary/aromatic N) is 1. The zero-order valence-electron chi connectivity index (χ0n) is 13.2. The Bertz CT molecular complexity index is 502. The van der Waals surface area contributed by atoms with Crippen molar-refractivity contribution in [1.82, 2.24) is 14.3 Å². The number of nitrogens with one attached hydrogen (secondary N) is 2. The summed E-state index contributed by atoms with van der Waals surface area (Å²) < 4.78 is 50.6. The van der Waals surface area contributed by atoms with Gasteiger partial charge in [-0.3, -0.25) is 0 Å². The smallest absolute Gasteiger partial charge is 0.215 e. The second-order valence-electron chi connectivity index (χ2n) is 5.26. The first-order valence-corrected chi connectivity index (χ1v) is 10.7. The van der Waals surface area contributed by atoms with E-state index in [1.54, 1.807) is 0 Å². The van der Waals surface area contributed by atoms with Crippen LogP contribution >= 0.6 is 12.4 Å². The third kappa shape index (κ3) is 7.56. The lowest BCUT2D eigenvalue weighted by Crippen LogP contribution is -2.43. The predicted octanol–water partition coefficient (Wildman–Crippen LogP) is -0.00120. The number of hydrogen-bond donors (Lipinski definition) is 2. The second-order valence-corrected chi connectivity index (χ2v) is 9.45. The standard InChI is InChI=1S/C12H27N3O4S2.ClH/c1-3-13-11-12-5-8-15(9-6-12)21(18,19)10-7-14-20(16,17)4-2;/h12-14H,3-11H2,1-2H3;1H. The molecular formula is C12H28ClN3O4S2. The van der Waals surface area contributed by atoms with E-state index in [-0.39, 0.29) is 30.5 Å². The summed E-state index contributed by atoms with van der Waals surface area (Å²) in [7, 11) is -6.70. The average Bonchev–Trinajstić information content (AvgIpc) is 2.45. The van der Waals surface area contributed by atoms with E-state index in [0.717, 1.165) is 25.9 Å². The van der Waals surface area contributed by atoms with E-state index >= 15 is 0 Å². The van der Waals surface area contributed by atoms with Gasteiger partial charge in [0, 0.05) is 19.6 Å². The molecule has 1 aliphatic heterocycles. The quantitative estimate of drug-likeness (QED) is 0.589. The molecule has 0 aromatic carbocycles. The molecule has 0 saturated carbocycles. The van der Waals surface area contributed by atoms with Crippen LogP contribution in [0.15, 0.2) is 0 Å². The highest BCUT2D eigenvalue weighted by Crippen LogP contribution is 2.19. The first kappa shape index (κ1) is 22.1. The van der Waals surface area contributed by atoms with Crippen molar-refractivity contribution >= 4 is 32.5 Å². The molecule has 1 fully saturated rings. The lowest BCUT2D eigenvalue weighted by molar-refractivity contribution is 0.268. The van der Waals surface area contributed by atoms with E-state index in [1.807, 2.05) is 0 Å². The molecule has 0 aromatic rings. The van der Waals surface area contributed by atoms with Crippen LogP contribution in [0.1, 0.15) is 26.7 Å². The van der Waals surface area contributed by atoms with Gasteiger partial charge in [0.1, 0.15) is 0 Å². The summed E-state index contributed by atoms with van der Waals surface area (Å²) >= 11 is 0. The predicted molar refractivity (Wildman–Crippen MR) is 91.3 cm³/mol. The third-order valence-corrected chi connectivity index (χ3v) is 6.99. The average molecular weight is 378 g/mol. The molecule has 1 heterocycles. The molecule has 0 aliphatic carbocycles. The number of hydrogen-bond acceptors (Lipinski definition) is 5. The van der Waals surface area contributed by atoms with Crippen LogP contribution in [-0.2, 0) is 20.0 Å². The summed E-state index contributed by atoms with van der Waals surface area (Å²) in [6.45, 7) is 6.42. The number of piperidine rings is 1. The van der Waals surface area contributed by atoms with Gasteiger partial charge in [-0.25, -0.2) is 25.9 Å². The number of rotatable bonds is 9. The van der Waals surface area contributed by atoms with Gasteiger partial charge in [-0.05, 0) is 38.8 Å². The fourth-order valence-corrected chi connectivity index (χ4v) is 4.43. The molecule has 134 valence electrons. The minimum Gasteiger partial charge on any atom is -0.317 e. The van der Waals surface area contributed by atoms with Crippen molar-refractivity contribution < 1.29 is 16.8 Å². The maximum absolute atomic E-state index is 12.2. The Morgan fingerprint density at radius 2 is 1.68 bits per heavy atom. The van der Waals surface area contributed by atoms with Crippen LogP contribution in [-0.4, -0.2) is 65.4 Å². The van der Waals surface area contributed by atoms with Crippen molar-refractivity contribution in [3.63, 3.8) is 0 Å². The van der Waals surface area contributed by atoms with Gasteiger partial charge in [0.2, 0.25) is 20.0 Å². The molecule has 1 rings (SSSR count). The summed E-state index contributed by atoms with van der Waals surface area (Å²) in [5.41, 5.74) is 0. The largest absolute Gasteiger partial charge is 0.317 e. The molecule has 22 heavy (non-hydrogen) atoms. The van der Waals surface area contributed by atoms with E-state index in [2.05, 4.69) is 17.0 Å². The Morgan fingerprint density at radius 1 is 1.09 bits per heavy atom. The Morgan fingerprint density at radius 3 is 2.18 bits per heavy atom. The van der Waals surface area contributed by atoms with Gasteiger partial charge in [-0.2, -0.15) is 0 Å². The van der Waals surface area contributed by atoms with Crippen LogP contribution in [0.3, 0.4) is 0 Å². The van der Waals surface area contributed by atoms with E-state index in [9.17, 15) is 16.8 Å². The van der Waals surface area contributed by atoms with Gasteiger partial charge in [0.15, 0.2) is 0 Å². The zero-order valence-corrected chi connectivity index (χ0v) is 15.7. The molecule has 0 radical (unpaired) electrons. The fraction of sp³-hybridized carbons (Fsp3) is 1.00. The maximum Gasteiger partial charge on any atom is 0.215 e. The normalized spacial score (nSPS) is 18.1. The van der Waals surface area contributed by atoms with Gasteiger partial charge < -0.3 is 5.32 Å². The van der Waals surface area contributed by atoms with Crippen molar-refractivity contribution in [2.24, 2.45) is 5.92 Å². The molecule has 10 heteroatoms. The molecule has 0 aromatic heterocycles. The first-order valence-electron chi connectivity index (χ1n) is 7.46. The first-order chi connectivity index (χ1) is 9.80. The molecule has 2 N–H and O–H groups in total. The SMILES string of the molecule is CCNCC1CCN(S(=O)(=O)CCNS(=O)(=O)CC)CC1.Cl. The number of sulfonamides is 2.